The van der Waals surface area contributed by atoms with Crippen molar-refractivity contribution < 1.29 is 14.3 Å². The summed E-state index contributed by atoms with van der Waals surface area (Å²) < 4.78 is 14.5. The fraction of sp³-hybridized carbons (Fsp3) is 0.417. The molecule has 0 saturated heterocycles. The van der Waals surface area contributed by atoms with Crippen molar-refractivity contribution in [1.29, 1.82) is 0 Å². The average molecular weight is 287 g/mol. The maximum absolute atomic E-state index is 13.8. The number of benzene rings is 1. The molecule has 0 bridgehead atoms. The summed E-state index contributed by atoms with van der Waals surface area (Å²) in [5.74, 6) is -1.18. The van der Waals surface area contributed by atoms with Gasteiger partial charge < -0.3 is 5.11 Å². The molecule has 1 fully saturated rings. The third-order valence-corrected chi connectivity index (χ3v) is 3.95. The zero-order valence-electron chi connectivity index (χ0n) is 8.67. The molecule has 1 N–H and O–H groups in total. The van der Waals surface area contributed by atoms with E-state index in [0.717, 1.165) is 19.3 Å². The zero-order chi connectivity index (χ0) is 11.8. The molecule has 0 aliphatic heterocycles. The first-order valence-electron chi connectivity index (χ1n) is 5.21. The Balaban J connectivity index is 2.44. The molecule has 1 aromatic rings. The lowest BCUT2D eigenvalue weighted by molar-refractivity contribution is -0.139. The first kappa shape index (κ1) is 11.6. The molecule has 0 spiro atoms. The van der Waals surface area contributed by atoms with E-state index in [0.29, 0.717) is 10.0 Å². The molecule has 0 unspecified atom stereocenters. The van der Waals surface area contributed by atoms with Crippen molar-refractivity contribution in [3.8, 4) is 0 Å². The number of carboxylic acid groups (broad SMARTS) is 1. The van der Waals surface area contributed by atoms with Gasteiger partial charge in [0.15, 0.2) is 0 Å². The van der Waals surface area contributed by atoms with E-state index in [-0.39, 0.29) is 12.2 Å². The summed E-state index contributed by atoms with van der Waals surface area (Å²) in [6.45, 7) is 0. The molecule has 1 aliphatic rings. The van der Waals surface area contributed by atoms with E-state index < -0.39 is 11.4 Å². The van der Waals surface area contributed by atoms with Crippen LogP contribution in [-0.2, 0) is 10.2 Å². The second kappa shape index (κ2) is 4.17. The van der Waals surface area contributed by atoms with Gasteiger partial charge in [-0.05, 0) is 25.0 Å². The zero-order valence-corrected chi connectivity index (χ0v) is 10.3. The number of rotatable bonds is 3. The fourth-order valence-electron chi connectivity index (χ4n) is 2.41. The Hall–Kier alpha value is -0.900. The molecular formula is C12H12BrFO2. The normalized spacial score (nSPS) is 17.9. The maximum atomic E-state index is 13.8. The van der Waals surface area contributed by atoms with Crippen LogP contribution in [-0.4, -0.2) is 11.1 Å². The van der Waals surface area contributed by atoms with Gasteiger partial charge in [0.05, 0.1) is 6.42 Å². The molecule has 0 atom stereocenters. The molecule has 1 aromatic carbocycles. The van der Waals surface area contributed by atoms with Crippen molar-refractivity contribution in [2.75, 3.05) is 0 Å². The van der Waals surface area contributed by atoms with Gasteiger partial charge in [-0.2, -0.15) is 0 Å². The van der Waals surface area contributed by atoms with Crippen LogP contribution in [0.15, 0.2) is 22.7 Å². The van der Waals surface area contributed by atoms with Crippen molar-refractivity contribution in [3.63, 3.8) is 0 Å². The van der Waals surface area contributed by atoms with Gasteiger partial charge in [-0.3, -0.25) is 4.79 Å². The van der Waals surface area contributed by atoms with Crippen LogP contribution in [0.25, 0.3) is 0 Å². The van der Waals surface area contributed by atoms with Crippen LogP contribution >= 0.6 is 15.9 Å². The van der Waals surface area contributed by atoms with E-state index in [1.807, 2.05) is 0 Å². The monoisotopic (exact) mass is 286 g/mol. The van der Waals surface area contributed by atoms with Gasteiger partial charge in [0.1, 0.15) is 5.82 Å². The first-order valence-corrected chi connectivity index (χ1v) is 6.01. The summed E-state index contributed by atoms with van der Waals surface area (Å²) in [4.78, 5) is 10.9. The van der Waals surface area contributed by atoms with E-state index >= 15 is 0 Å². The Bertz CT molecular complexity index is 407. The van der Waals surface area contributed by atoms with Crippen LogP contribution in [0.2, 0.25) is 0 Å². The largest absolute Gasteiger partial charge is 0.481 e. The van der Waals surface area contributed by atoms with Crippen LogP contribution in [0.4, 0.5) is 4.39 Å². The number of aliphatic carboxylic acids is 1. The summed E-state index contributed by atoms with van der Waals surface area (Å²) in [5.41, 5.74) is 0.0272. The second-order valence-electron chi connectivity index (χ2n) is 4.30. The van der Waals surface area contributed by atoms with Gasteiger partial charge in [0.25, 0.3) is 0 Å². The summed E-state index contributed by atoms with van der Waals surface area (Å²) in [7, 11) is 0. The molecule has 16 heavy (non-hydrogen) atoms. The molecule has 86 valence electrons. The Kier molecular flexibility index (Phi) is 3.02. The van der Waals surface area contributed by atoms with Crippen molar-refractivity contribution >= 4 is 21.9 Å². The maximum Gasteiger partial charge on any atom is 0.304 e. The van der Waals surface area contributed by atoms with E-state index in [9.17, 15) is 9.18 Å². The quantitative estimate of drug-likeness (QED) is 0.924. The van der Waals surface area contributed by atoms with Crippen molar-refractivity contribution in [2.45, 2.75) is 31.1 Å². The van der Waals surface area contributed by atoms with Gasteiger partial charge in [-0.1, -0.05) is 28.4 Å². The van der Waals surface area contributed by atoms with Gasteiger partial charge in [-0.25, -0.2) is 4.39 Å². The van der Waals surface area contributed by atoms with E-state index in [1.54, 1.807) is 12.1 Å². The van der Waals surface area contributed by atoms with Crippen LogP contribution in [0.5, 0.6) is 0 Å². The Morgan fingerprint density at radius 3 is 2.62 bits per heavy atom. The summed E-state index contributed by atoms with van der Waals surface area (Å²) >= 11 is 3.31. The highest BCUT2D eigenvalue weighted by Gasteiger charge is 2.43. The Morgan fingerprint density at radius 1 is 1.50 bits per heavy atom. The van der Waals surface area contributed by atoms with Gasteiger partial charge in [0.2, 0.25) is 0 Å². The molecule has 1 saturated carbocycles. The topological polar surface area (TPSA) is 37.3 Å². The lowest BCUT2D eigenvalue weighted by atomic mass is 9.62. The highest BCUT2D eigenvalue weighted by molar-refractivity contribution is 9.10. The molecule has 1 aliphatic carbocycles. The van der Waals surface area contributed by atoms with E-state index in [4.69, 9.17) is 5.11 Å². The molecule has 2 rings (SSSR count). The number of hydrogen-bond donors (Lipinski definition) is 1. The Morgan fingerprint density at radius 2 is 2.19 bits per heavy atom. The Labute approximate surface area is 102 Å². The summed E-state index contributed by atoms with van der Waals surface area (Å²) in [6.07, 6.45) is 2.47. The first-order chi connectivity index (χ1) is 7.55. The smallest absolute Gasteiger partial charge is 0.304 e. The van der Waals surface area contributed by atoms with E-state index in [2.05, 4.69) is 15.9 Å². The van der Waals surface area contributed by atoms with Crippen molar-refractivity contribution in [1.82, 2.24) is 0 Å². The standard InChI is InChI=1S/C12H12BrFO2/c13-8-3-1-4-9(14)11(8)12(5-2-6-12)7-10(15)16/h1,3-4H,2,5-7H2,(H,15,16). The number of carbonyl (C=O) groups is 1. The summed E-state index contributed by atoms with van der Waals surface area (Å²) in [6, 6.07) is 4.78. The minimum atomic E-state index is -0.866. The lowest BCUT2D eigenvalue weighted by Gasteiger charge is -2.42. The molecule has 0 amide bonds. The van der Waals surface area contributed by atoms with Crippen LogP contribution < -0.4 is 0 Å². The molecule has 0 radical (unpaired) electrons. The SMILES string of the molecule is O=C(O)CC1(c2c(F)cccc2Br)CCC1. The fourth-order valence-corrected chi connectivity index (χ4v) is 3.18. The van der Waals surface area contributed by atoms with Crippen molar-refractivity contribution in [3.05, 3.63) is 34.1 Å². The van der Waals surface area contributed by atoms with Crippen molar-refractivity contribution in [2.24, 2.45) is 0 Å². The molecule has 2 nitrogen and oxygen atoms in total. The van der Waals surface area contributed by atoms with Crippen LogP contribution in [0.3, 0.4) is 0 Å². The average Bonchev–Trinajstić information content (AvgIpc) is 2.12. The van der Waals surface area contributed by atoms with Gasteiger partial charge >= 0.3 is 5.97 Å². The van der Waals surface area contributed by atoms with Gasteiger partial charge in [-0.15, -0.1) is 0 Å². The number of hydrogen-bond acceptors (Lipinski definition) is 1. The van der Waals surface area contributed by atoms with Crippen LogP contribution in [0, 0.1) is 5.82 Å². The third-order valence-electron chi connectivity index (χ3n) is 3.29. The van der Waals surface area contributed by atoms with Gasteiger partial charge in [0, 0.05) is 15.5 Å². The second-order valence-corrected chi connectivity index (χ2v) is 5.16. The third kappa shape index (κ3) is 1.86. The minimum absolute atomic E-state index is 0.00648. The predicted octanol–water partition coefficient (Wildman–Crippen LogP) is 3.48. The predicted molar refractivity (Wildman–Crippen MR) is 61.9 cm³/mol. The molecule has 0 heterocycles. The molecular weight excluding hydrogens is 275 g/mol. The molecule has 4 heteroatoms. The highest BCUT2D eigenvalue weighted by Crippen LogP contribution is 2.49. The minimum Gasteiger partial charge on any atom is -0.481 e. The highest BCUT2D eigenvalue weighted by atomic mass is 79.9. The lowest BCUT2D eigenvalue weighted by Crippen LogP contribution is -2.37. The number of carboxylic acids is 1. The van der Waals surface area contributed by atoms with E-state index in [1.165, 1.54) is 6.07 Å². The molecule has 0 aromatic heterocycles. The number of halogens is 2. The summed E-state index contributed by atoms with van der Waals surface area (Å²) in [5, 5.41) is 8.92. The van der Waals surface area contributed by atoms with Crippen LogP contribution in [0.1, 0.15) is 31.2 Å².